The number of rotatable bonds is 8. The van der Waals surface area contributed by atoms with E-state index in [9.17, 15) is 14.7 Å². The second-order valence-electron chi connectivity index (χ2n) is 9.58. The number of nitrogens with zero attached hydrogens (tertiary/aromatic N) is 1. The van der Waals surface area contributed by atoms with Crippen LogP contribution in [0.4, 0.5) is 11.4 Å². The third-order valence-corrected chi connectivity index (χ3v) is 6.50. The lowest BCUT2D eigenvalue weighted by molar-refractivity contribution is -0.121. The first-order valence-corrected chi connectivity index (χ1v) is 11.9. The number of hydrogen-bond acceptors (Lipinski definition) is 7. The molecule has 4 rings (SSSR count). The largest absolute Gasteiger partial charge is 0.496 e. The summed E-state index contributed by atoms with van der Waals surface area (Å²) in [6, 6.07) is 15.9. The number of ketones is 1. The minimum absolute atomic E-state index is 0.0741. The number of aliphatic hydroxyl groups is 1. The number of fused-ring (bicyclic) bond motifs is 1. The van der Waals surface area contributed by atoms with E-state index in [4.69, 9.17) is 14.2 Å². The number of carbonyl (C=O) groups is 2. The fourth-order valence-corrected chi connectivity index (χ4v) is 4.61. The fourth-order valence-electron chi connectivity index (χ4n) is 4.61. The molecule has 0 saturated heterocycles. The molecular weight excluding hydrogens is 472 g/mol. The molecular formula is C29H32N2O6. The normalized spacial score (nSPS) is 15.0. The van der Waals surface area contributed by atoms with Gasteiger partial charge in [-0.25, -0.2) is 0 Å². The first kappa shape index (κ1) is 26.2. The van der Waals surface area contributed by atoms with Gasteiger partial charge in [-0.15, -0.1) is 0 Å². The number of hydrogen-bond donors (Lipinski definition) is 2. The Hall–Kier alpha value is -3.88. The van der Waals surface area contributed by atoms with Crippen LogP contribution in [-0.4, -0.2) is 50.4 Å². The van der Waals surface area contributed by atoms with Crippen molar-refractivity contribution >= 4 is 23.1 Å². The molecule has 1 atom stereocenters. The van der Waals surface area contributed by atoms with Crippen LogP contribution in [0.1, 0.15) is 41.4 Å². The first-order chi connectivity index (χ1) is 17.6. The molecule has 0 spiro atoms. The molecule has 1 aliphatic rings. The Morgan fingerprint density at radius 2 is 1.73 bits per heavy atom. The van der Waals surface area contributed by atoms with Crippen LogP contribution in [0.3, 0.4) is 0 Å². The number of benzene rings is 3. The van der Waals surface area contributed by atoms with E-state index in [0.717, 1.165) is 5.56 Å². The van der Waals surface area contributed by atoms with Crippen molar-refractivity contribution in [2.75, 3.05) is 38.3 Å². The molecule has 0 fully saturated rings. The molecule has 3 aromatic carbocycles. The standard InChI is InChI=1S/C29H32N2O6/c1-17-7-9-18(10-8-17)26(32)27(33)24-21(20-12-11-19(37-16-35-5)15-23(20)36-6)13-14-22-25(24)31(4)28(34)29(2,3)30-22/h7-15,27,30,33H,16H2,1-6H3. The summed E-state index contributed by atoms with van der Waals surface area (Å²) in [6.07, 6.45) is -1.54. The predicted molar refractivity (Wildman–Crippen MR) is 143 cm³/mol. The van der Waals surface area contributed by atoms with Crippen LogP contribution in [0.2, 0.25) is 0 Å². The van der Waals surface area contributed by atoms with Crippen molar-refractivity contribution in [1.29, 1.82) is 0 Å². The van der Waals surface area contributed by atoms with Gasteiger partial charge in [0.05, 0.1) is 18.5 Å². The van der Waals surface area contributed by atoms with Gasteiger partial charge in [0.25, 0.3) is 5.91 Å². The van der Waals surface area contributed by atoms with Crippen LogP contribution < -0.4 is 19.7 Å². The number of methoxy groups -OCH3 is 2. The van der Waals surface area contributed by atoms with Crippen LogP contribution in [0.15, 0.2) is 54.6 Å². The Balaban J connectivity index is 1.93. The molecule has 0 saturated carbocycles. The number of nitrogens with one attached hydrogen (secondary N) is 1. The molecule has 8 heteroatoms. The van der Waals surface area contributed by atoms with E-state index in [1.165, 1.54) is 19.1 Å². The van der Waals surface area contributed by atoms with Gasteiger partial charge in [0.15, 0.2) is 12.6 Å². The Morgan fingerprint density at radius 3 is 2.38 bits per heavy atom. The zero-order chi connectivity index (χ0) is 26.9. The second kappa shape index (κ2) is 10.2. The SMILES string of the molecule is COCOc1ccc(-c2ccc3c(c2C(O)C(=O)c2ccc(C)cc2)N(C)C(=O)C(C)(C)N3)c(OC)c1. The number of aliphatic hydroxyl groups excluding tert-OH is 1. The molecule has 2 N–H and O–H groups in total. The zero-order valence-corrected chi connectivity index (χ0v) is 21.9. The highest BCUT2D eigenvalue weighted by molar-refractivity contribution is 6.11. The Bertz CT molecular complexity index is 1330. The number of ether oxygens (including phenoxy) is 3. The summed E-state index contributed by atoms with van der Waals surface area (Å²) >= 11 is 0. The van der Waals surface area contributed by atoms with Crippen molar-refractivity contribution in [1.82, 2.24) is 0 Å². The van der Waals surface area contributed by atoms with Gasteiger partial charge in [-0.1, -0.05) is 35.9 Å². The van der Waals surface area contributed by atoms with E-state index < -0.39 is 17.4 Å². The predicted octanol–water partition coefficient (Wildman–Crippen LogP) is 4.74. The van der Waals surface area contributed by atoms with E-state index in [2.05, 4.69) is 5.32 Å². The maximum atomic E-state index is 13.5. The van der Waals surface area contributed by atoms with Gasteiger partial charge in [-0.2, -0.15) is 0 Å². The smallest absolute Gasteiger partial charge is 0.251 e. The van der Waals surface area contributed by atoms with Crippen molar-refractivity contribution in [2.45, 2.75) is 32.4 Å². The molecule has 0 radical (unpaired) electrons. The first-order valence-electron chi connectivity index (χ1n) is 11.9. The van der Waals surface area contributed by atoms with E-state index >= 15 is 0 Å². The van der Waals surface area contributed by atoms with Crippen LogP contribution >= 0.6 is 0 Å². The van der Waals surface area contributed by atoms with Crippen molar-refractivity contribution in [3.63, 3.8) is 0 Å². The fraction of sp³-hybridized carbons (Fsp3) is 0.310. The topological polar surface area (TPSA) is 97.3 Å². The number of anilines is 2. The van der Waals surface area contributed by atoms with Crippen LogP contribution in [0.5, 0.6) is 11.5 Å². The summed E-state index contributed by atoms with van der Waals surface area (Å²) in [5.74, 6) is 0.347. The summed E-state index contributed by atoms with van der Waals surface area (Å²) in [5.41, 5.74) is 3.10. The molecule has 1 unspecified atom stereocenters. The van der Waals surface area contributed by atoms with E-state index in [1.807, 2.05) is 31.2 Å². The van der Waals surface area contributed by atoms with E-state index in [-0.39, 0.29) is 12.7 Å². The molecule has 8 nitrogen and oxygen atoms in total. The number of aryl methyl sites for hydroxylation is 1. The maximum Gasteiger partial charge on any atom is 0.251 e. The minimum atomic E-state index is -1.54. The highest BCUT2D eigenvalue weighted by atomic mass is 16.7. The summed E-state index contributed by atoms with van der Waals surface area (Å²) in [6.45, 7) is 5.58. The van der Waals surface area contributed by atoms with Gasteiger partial charge in [-0.3, -0.25) is 9.59 Å². The molecule has 1 heterocycles. The summed E-state index contributed by atoms with van der Waals surface area (Å²) in [7, 11) is 4.72. The Labute approximate surface area is 216 Å². The van der Waals surface area contributed by atoms with Gasteiger partial charge in [0, 0.05) is 36.9 Å². The summed E-state index contributed by atoms with van der Waals surface area (Å²) in [5, 5.41) is 14.8. The van der Waals surface area contributed by atoms with Crippen LogP contribution in [0.25, 0.3) is 11.1 Å². The molecule has 0 aromatic heterocycles. The van der Waals surface area contributed by atoms with Gasteiger partial charge < -0.3 is 29.5 Å². The highest BCUT2D eigenvalue weighted by Gasteiger charge is 2.40. The lowest BCUT2D eigenvalue weighted by Crippen LogP contribution is -2.52. The molecule has 1 aliphatic heterocycles. The van der Waals surface area contributed by atoms with Crippen molar-refractivity contribution in [3.8, 4) is 22.6 Å². The van der Waals surface area contributed by atoms with Crippen LogP contribution in [0, 0.1) is 6.92 Å². The lowest BCUT2D eigenvalue weighted by atomic mass is 9.87. The minimum Gasteiger partial charge on any atom is -0.496 e. The van der Waals surface area contributed by atoms with Gasteiger partial charge >= 0.3 is 0 Å². The molecule has 1 amide bonds. The molecule has 0 aliphatic carbocycles. The van der Waals surface area contributed by atoms with Gasteiger partial charge in [0.1, 0.15) is 23.1 Å². The third kappa shape index (κ3) is 4.90. The van der Waals surface area contributed by atoms with Crippen molar-refractivity contribution in [2.24, 2.45) is 0 Å². The maximum absolute atomic E-state index is 13.5. The van der Waals surface area contributed by atoms with Gasteiger partial charge in [-0.05, 0) is 44.5 Å². The van der Waals surface area contributed by atoms with Crippen molar-refractivity contribution < 1.29 is 28.9 Å². The number of likely N-dealkylation sites (N-methyl/N-ethyl adjacent to an activating group) is 1. The summed E-state index contributed by atoms with van der Waals surface area (Å²) < 4.78 is 16.2. The van der Waals surface area contributed by atoms with Crippen molar-refractivity contribution in [3.05, 3.63) is 71.3 Å². The number of carbonyl (C=O) groups excluding carboxylic acids is 2. The molecule has 194 valence electrons. The third-order valence-electron chi connectivity index (χ3n) is 6.50. The number of amides is 1. The molecule has 3 aromatic rings. The highest BCUT2D eigenvalue weighted by Crippen LogP contribution is 2.47. The van der Waals surface area contributed by atoms with Crippen LogP contribution in [-0.2, 0) is 9.53 Å². The summed E-state index contributed by atoms with van der Waals surface area (Å²) in [4.78, 5) is 28.2. The zero-order valence-electron chi connectivity index (χ0n) is 21.9. The Kier molecular flexibility index (Phi) is 7.25. The Morgan fingerprint density at radius 1 is 1.05 bits per heavy atom. The van der Waals surface area contributed by atoms with E-state index in [0.29, 0.717) is 45.1 Å². The number of Topliss-reactive ketones (excluding diaryl/α,β-unsaturated/α-hetero) is 1. The second-order valence-corrected chi connectivity index (χ2v) is 9.58. The average Bonchev–Trinajstić information content (AvgIpc) is 2.89. The quantitative estimate of drug-likeness (QED) is 0.338. The van der Waals surface area contributed by atoms with Gasteiger partial charge in [0.2, 0.25) is 0 Å². The molecule has 37 heavy (non-hydrogen) atoms. The molecule has 0 bridgehead atoms. The van der Waals surface area contributed by atoms with E-state index in [1.54, 1.807) is 51.2 Å². The monoisotopic (exact) mass is 504 g/mol. The lowest BCUT2D eigenvalue weighted by Gasteiger charge is -2.40. The average molecular weight is 505 g/mol.